The van der Waals surface area contributed by atoms with Crippen molar-refractivity contribution in [2.24, 2.45) is 4.99 Å². The third-order valence-electron chi connectivity index (χ3n) is 1.71. The van der Waals surface area contributed by atoms with Crippen molar-refractivity contribution in [3.8, 4) is 0 Å². The predicted molar refractivity (Wildman–Crippen MR) is 63.5 cm³/mol. The Hall–Kier alpha value is -0.930. The highest BCUT2D eigenvalue weighted by Gasteiger charge is 2.20. The van der Waals surface area contributed by atoms with Crippen molar-refractivity contribution < 1.29 is 21.6 Å². The summed E-state index contributed by atoms with van der Waals surface area (Å²) in [5.74, 6) is -0.141. The maximum atomic E-state index is 11.2. The van der Waals surface area contributed by atoms with Crippen LogP contribution in [0.1, 0.15) is 0 Å². The maximum absolute atomic E-state index is 11.2. The topological polar surface area (TPSA) is 102 Å². The fraction of sp³-hybridized carbons (Fsp3) is 0.500. The van der Waals surface area contributed by atoms with E-state index in [1.807, 2.05) is 0 Å². The van der Waals surface area contributed by atoms with E-state index in [4.69, 9.17) is 4.74 Å². The summed E-state index contributed by atoms with van der Waals surface area (Å²) in [6, 6.07) is 0. The first-order chi connectivity index (χ1) is 7.68. The molecule has 0 unspecified atom stereocenters. The summed E-state index contributed by atoms with van der Waals surface area (Å²) in [5.41, 5.74) is 0. The second-order valence-corrected chi connectivity index (χ2v) is 7.68. The number of aliphatic imine (C=N–C) groups is 1. The predicted octanol–water partition coefficient (Wildman–Crippen LogP) is -0.945. The monoisotopic (exact) mass is 281 g/mol. The molecule has 7 nitrogen and oxygen atoms in total. The van der Waals surface area contributed by atoms with Crippen molar-refractivity contribution in [1.82, 2.24) is 5.32 Å². The van der Waals surface area contributed by atoms with E-state index in [1.165, 1.54) is 12.3 Å². The molecule has 0 spiro atoms. The zero-order chi connectivity index (χ0) is 13.1. The fourth-order valence-corrected chi connectivity index (χ4v) is 1.85. The summed E-state index contributed by atoms with van der Waals surface area (Å²) in [7, 11) is -6.55. The number of ether oxygens (including phenoxy) is 1. The van der Waals surface area contributed by atoms with Gasteiger partial charge in [-0.3, -0.25) is 0 Å². The Kier molecular flexibility index (Phi) is 4.28. The molecule has 0 bridgehead atoms. The molecule has 17 heavy (non-hydrogen) atoms. The van der Waals surface area contributed by atoms with Gasteiger partial charge in [0.15, 0.2) is 0 Å². The zero-order valence-corrected chi connectivity index (χ0v) is 11.0. The van der Waals surface area contributed by atoms with Gasteiger partial charge in [-0.25, -0.2) is 21.8 Å². The molecule has 0 aliphatic carbocycles. The van der Waals surface area contributed by atoms with Crippen LogP contribution in [0.15, 0.2) is 17.3 Å². The minimum atomic E-state index is -3.44. The molecule has 1 N–H and O–H groups in total. The van der Waals surface area contributed by atoms with Crippen LogP contribution in [0.5, 0.6) is 0 Å². The average Bonchev–Trinajstić information content (AvgIpc) is 2.15. The number of sulfone groups is 2. The molecule has 0 aromatic rings. The fourth-order valence-electron chi connectivity index (χ4n) is 0.928. The van der Waals surface area contributed by atoms with Crippen molar-refractivity contribution in [2.75, 3.05) is 24.9 Å². The largest absolute Gasteiger partial charge is 0.346 e. The molecule has 0 fully saturated rings. The van der Waals surface area contributed by atoms with Gasteiger partial charge in [-0.2, -0.15) is 0 Å². The summed E-state index contributed by atoms with van der Waals surface area (Å²) in [4.78, 5) is 3.63. The summed E-state index contributed by atoms with van der Waals surface area (Å²) in [5, 5.41) is 2.23. The van der Waals surface area contributed by atoms with Gasteiger partial charge in [-0.15, -0.1) is 0 Å². The standard InChI is InChI=1S/C8H13N2O5S2/c1-16(11,12)6-5-15-7-3-4-9-8(10-7)17(2,13)14/h3-4H,5-6H2,1-2H3,(H,9,10). The van der Waals surface area contributed by atoms with E-state index >= 15 is 0 Å². The smallest absolute Gasteiger partial charge is 0.223 e. The van der Waals surface area contributed by atoms with Gasteiger partial charge in [0, 0.05) is 18.7 Å². The molecular formula is C8H13N2O5S2. The molecule has 1 radical (unpaired) electrons. The highest BCUT2D eigenvalue weighted by atomic mass is 32.2. The summed E-state index contributed by atoms with van der Waals surface area (Å²) < 4.78 is 49.1. The molecule has 0 amide bonds. The van der Waals surface area contributed by atoms with Crippen LogP contribution in [0.2, 0.25) is 0 Å². The van der Waals surface area contributed by atoms with Crippen molar-refractivity contribution >= 4 is 24.8 Å². The minimum Gasteiger partial charge on any atom is -0.346 e. The minimum absolute atomic E-state index is 0.0530. The zero-order valence-electron chi connectivity index (χ0n) is 9.37. The van der Waals surface area contributed by atoms with Gasteiger partial charge in [0.25, 0.3) is 0 Å². The van der Waals surface area contributed by atoms with E-state index in [-0.39, 0.29) is 23.8 Å². The maximum Gasteiger partial charge on any atom is 0.223 e. The molecule has 9 heteroatoms. The highest BCUT2D eigenvalue weighted by Crippen LogP contribution is 2.07. The number of nitrogens with zero attached hydrogens (tertiary/aromatic N) is 1. The molecule has 1 aliphatic rings. The molecule has 1 rings (SSSR count). The first-order valence-corrected chi connectivity index (χ1v) is 8.52. The Balaban J connectivity index is 2.51. The SMILES string of the molecule is CS(=O)(=O)CCO[C]1C=CN=C(S(C)(=O)=O)N1. The van der Waals surface area contributed by atoms with Crippen LogP contribution in [0.4, 0.5) is 0 Å². The van der Waals surface area contributed by atoms with Crippen molar-refractivity contribution in [2.45, 2.75) is 0 Å². The first-order valence-electron chi connectivity index (χ1n) is 4.57. The van der Waals surface area contributed by atoms with E-state index in [9.17, 15) is 16.8 Å². The molecule has 97 valence electrons. The lowest BCUT2D eigenvalue weighted by atomic mass is 10.5. The normalized spacial score (nSPS) is 17.6. The van der Waals surface area contributed by atoms with Crippen LogP contribution >= 0.6 is 0 Å². The van der Waals surface area contributed by atoms with Gasteiger partial charge in [0.2, 0.25) is 21.2 Å². The Morgan fingerprint density at radius 3 is 2.47 bits per heavy atom. The molecule has 0 saturated heterocycles. The van der Waals surface area contributed by atoms with Crippen LogP contribution in [0.25, 0.3) is 0 Å². The molecular weight excluding hydrogens is 268 g/mol. The summed E-state index contributed by atoms with van der Waals surface area (Å²) >= 11 is 0. The Morgan fingerprint density at radius 1 is 1.29 bits per heavy atom. The Bertz CT molecular complexity index is 532. The Labute approximate surface area is 100 Å². The molecule has 1 heterocycles. The van der Waals surface area contributed by atoms with Gasteiger partial charge < -0.3 is 10.1 Å². The second-order valence-electron chi connectivity index (χ2n) is 3.49. The number of nitrogens with one attached hydrogen (secondary N) is 1. The molecule has 0 atom stereocenters. The van der Waals surface area contributed by atoms with Crippen molar-refractivity contribution in [3.63, 3.8) is 0 Å². The first kappa shape index (κ1) is 14.1. The van der Waals surface area contributed by atoms with Gasteiger partial charge in [-0.05, 0) is 6.08 Å². The van der Waals surface area contributed by atoms with E-state index in [2.05, 4.69) is 10.3 Å². The lowest BCUT2D eigenvalue weighted by Crippen LogP contribution is -2.36. The number of amidine groups is 1. The van der Waals surface area contributed by atoms with Crippen LogP contribution in [-0.4, -0.2) is 46.9 Å². The van der Waals surface area contributed by atoms with Crippen LogP contribution in [0.3, 0.4) is 0 Å². The van der Waals surface area contributed by atoms with Gasteiger partial charge in [0.1, 0.15) is 9.84 Å². The van der Waals surface area contributed by atoms with E-state index in [0.717, 1.165) is 12.5 Å². The van der Waals surface area contributed by atoms with Gasteiger partial charge in [-0.1, -0.05) is 0 Å². The second kappa shape index (κ2) is 5.15. The third-order valence-corrected chi connectivity index (χ3v) is 3.53. The van der Waals surface area contributed by atoms with E-state index < -0.39 is 19.7 Å². The Morgan fingerprint density at radius 2 is 1.94 bits per heavy atom. The third kappa shape index (κ3) is 5.29. The van der Waals surface area contributed by atoms with E-state index in [0.29, 0.717) is 0 Å². The number of hydrogen-bond donors (Lipinski definition) is 1. The highest BCUT2D eigenvalue weighted by molar-refractivity contribution is 8.05. The van der Waals surface area contributed by atoms with Gasteiger partial charge in [0.05, 0.1) is 12.4 Å². The van der Waals surface area contributed by atoms with Crippen LogP contribution in [0, 0.1) is 6.23 Å². The van der Waals surface area contributed by atoms with Crippen molar-refractivity contribution in [3.05, 3.63) is 18.5 Å². The molecule has 1 aliphatic heterocycles. The van der Waals surface area contributed by atoms with Crippen LogP contribution < -0.4 is 5.32 Å². The lowest BCUT2D eigenvalue weighted by Gasteiger charge is -2.17. The molecule has 0 aromatic heterocycles. The lowest BCUT2D eigenvalue weighted by molar-refractivity contribution is 0.168. The average molecular weight is 281 g/mol. The van der Waals surface area contributed by atoms with Gasteiger partial charge >= 0.3 is 0 Å². The number of rotatable bonds is 4. The van der Waals surface area contributed by atoms with E-state index in [1.54, 1.807) is 0 Å². The number of hydrogen-bond acceptors (Lipinski definition) is 7. The van der Waals surface area contributed by atoms with Crippen molar-refractivity contribution in [1.29, 1.82) is 0 Å². The quantitative estimate of drug-likeness (QED) is 0.713. The summed E-state index contributed by atoms with van der Waals surface area (Å²) in [6.45, 7) is -0.0530. The molecule has 0 saturated carbocycles. The molecule has 0 aromatic carbocycles. The summed E-state index contributed by atoms with van der Waals surface area (Å²) in [6.07, 6.45) is 4.93. The van der Waals surface area contributed by atoms with Crippen LogP contribution in [-0.2, 0) is 24.4 Å².